The molecule has 0 N–H and O–H groups in total. The first kappa shape index (κ1) is 17.8. The van der Waals surface area contributed by atoms with Crippen LogP contribution < -0.4 is 0 Å². The van der Waals surface area contributed by atoms with Crippen LogP contribution in [0.4, 0.5) is 0 Å². The number of fused-ring (bicyclic) bond motifs is 15. The van der Waals surface area contributed by atoms with Gasteiger partial charge in [-0.05, 0) is 81.3 Å². The van der Waals surface area contributed by atoms with Gasteiger partial charge in [0, 0.05) is 35.8 Å². The lowest BCUT2D eigenvalue weighted by atomic mass is 9.98. The molecule has 2 aliphatic rings. The molecule has 4 heteroatoms. The van der Waals surface area contributed by atoms with E-state index in [4.69, 9.17) is 9.97 Å². The van der Waals surface area contributed by atoms with E-state index in [1.54, 1.807) is 0 Å². The Kier molecular flexibility index (Phi) is 3.11. The van der Waals surface area contributed by atoms with Crippen molar-refractivity contribution in [3.05, 3.63) is 108 Å². The highest BCUT2D eigenvalue weighted by molar-refractivity contribution is 6.12. The second kappa shape index (κ2) is 6.10. The van der Waals surface area contributed by atoms with Gasteiger partial charge in [-0.3, -0.25) is 14.4 Å². The van der Waals surface area contributed by atoms with Crippen molar-refractivity contribution in [1.29, 1.82) is 0 Å². The van der Waals surface area contributed by atoms with E-state index in [9.17, 15) is 0 Å². The fourth-order valence-electron chi connectivity index (χ4n) is 6.44. The molecule has 3 aromatic carbocycles. The normalized spacial score (nSPS) is 13.5. The van der Waals surface area contributed by atoms with Gasteiger partial charge in [0.05, 0.1) is 22.1 Å². The number of aromatic nitrogens is 4. The summed E-state index contributed by atoms with van der Waals surface area (Å²) >= 11 is 0. The van der Waals surface area contributed by atoms with Crippen LogP contribution in [0, 0.1) is 0 Å². The maximum atomic E-state index is 5.26. The van der Waals surface area contributed by atoms with Crippen LogP contribution >= 0.6 is 0 Å². The summed E-state index contributed by atoms with van der Waals surface area (Å²) in [4.78, 5) is 14.4. The zero-order chi connectivity index (χ0) is 22.7. The summed E-state index contributed by atoms with van der Waals surface area (Å²) in [6.45, 7) is 0. The molecule has 7 aromatic rings. The third-order valence-electron chi connectivity index (χ3n) is 7.95. The van der Waals surface area contributed by atoms with Gasteiger partial charge in [-0.25, -0.2) is 4.98 Å². The molecule has 0 aliphatic heterocycles. The molecular weight excluding hydrogens is 428 g/mol. The summed E-state index contributed by atoms with van der Waals surface area (Å²) in [6.07, 6.45) is 7.56. The van der Waals surface area contributed by atoms with Crippen LogP contribution in [0.25, 0.3) is 60.7 Å². The highest BCUT2D eigenvalue weighted by atomic mass is 15.0. The third kappa shape index (κ3) is 2.15. The lowest BCUT2D eigenvalue weighted by Gasteiger charge is -2.08. The number of hydrogen-bond donors (Lipinski definition) is 0. The molecule has 0 spiro atoms. The van der Waals surface area contributed by atoms with Gasteiger partial charge in [-0.15, -0.1) is 0 Å². The molecule has 35 heavy (non-hydrogen) atoms. The lowest BCUT2D eigenvalue weighted by molar-refractivity contribution is 1.22. The number of hydrogen-bond acceptors (Lipinski definition) is 3. The largest absolute Gasteiger partial charge is 0.290 e. The molecule has 162 valence electrons. The van der Waals surface area contributed by atoms with E-state index >= 15 is 0 Å². The topological polar surface area (TPSA) is 43.1 Å². The Hall–Kier alpha value is -4.57. The average Bonchev–Trinajstić information content (AvgIpc) is 3.58. The quantitative estimate of drug-likeness (QED) is 0.243. The Labute approximate surface area is 200 Å². The third-order valence-corrected chi connectivity index (χ3v) is 7.95. The van der Waals surface area contributed by atoms with E-state index in [1.807, 2.05) is 30.7 Å². The second-order valence-electron chi connectivity index (χ2n) is 9.70. The van der Waals surface area contributed by atoms with E-state index < -0.39 is 0 Å². The Balaban J connectivity index is 1.36. The summed E-state index contributed by atoms with van der Waals surface area (Å²) in [5.41, 5.74) is 16.3. The van der Waals surface area contributed by atoms with E-state index in [0.29, 0.717) is 0 Å². The van der Waals surface area contributed by atoms with Crippen molar-refractivity contribution < 1.29 is 0 Å². The number of pyridine rings is 3. The molecule has 0 amide bonds. The highest BCUT2D eigenvalue weighted by Gasteiger charge is 2.28. The maximum Gasteiger partial charge on any atom is 0.148 e. The molecule has 0 radical (unpaired) electrons. The first-order valence-corrected chi connectivity index (χ1v) is 12.0. The molecule has 9 rings (SSSR count). The monoisotopic (exact) mass is 446 g/mol. The van der Waals surface area contributed by atoms with Crippen molar-refractivity contribution in [3.8, 4) is 22.3 Å². The van der Waals surface area contributed by atoms with Crippen LogP contribution in [-0.2, 0) is 12.8 Å². The van der Waals surface area contributed by atoms with E-state index in [2.05, 4.69) is 64.0 Å². The van der Waals surface area contributed by atoms with Gasteiger partial charge in [0.15, 0.2) is 0 Å². The molecule has 0 saturated carbocycles. The van der Waals surface area contributed by atoms with Gasteiger partial charge in [-0.2, -0.15) is 0 Å². The van der Waals surface area contributed by atoms with Crippen molar-refractivity contribution in [2.75, 3.05) is 0 Å². The summed E-state index contributed by atoms with van der Waals surface area (Å²) < 4.78 is 2.27. The molecule has 0 atom stereocenters. The van der Waals surface area contributed by atoms with Crippen LogP contribution in [0.15, 0.2) is 85.3 Å². The van der Waals surface area contributed by atoms with Gasteiger partial charge in [0.25, 0.3) is 0 Å². The minimum Gasteiger partial charge on any atom is -0.290 e. The van der Waals surface area contributed by atoms with Gasteiger partial charge in [-0.1, -0.05) is 36.4 Å². The van der Waals surface area contributed by atoms with E-state index in [1.165, 1.54) is 44.5 Å². The number of nitrogens with zero attached hydrogens (tertiary/aromatic N) is 4. The summed E-state index contributed by atoms with van der Waals surface area (Å²) in [6, 6.07) is 24.4. The Morgan fingerprint density at radius 1 is 0.629 bits per heavy atom. The van der Waals surface area contributed by atoms with Crippen molar-refractivity contribution in [2.24, 2.45) is 0 Å². The van der Waals surface area contributed by atoms with Gasteiger partial charge >= 0.3 is 0 Å². The SMILES string of the molecule is c1ccc2c(c1)Cc1cc3c(cc1-2)-c1ccc2c(nc4c5cnccc5c5ncccc5n24)c1C3. The van der Waals surface area contributed by atoms with Crippen LogP contribution in [0.5, 0.6) is 0 Å². The Morgan fingerprint density at radius 3 is 2.51 bits per heavy atom. The number of benzene rings is 3. The smallest absolute Gasteiger partial charge is 0.148 e. The maximum absolute atomic E-state index is 5.26. The predicted molar refractivity (Wildman–Crippen MR) is 140 cm³/mol. The molecule has 0 fully saturated rings. The van der Waals surface area contributed by atoms with Crippen LogP contribution in [0.1, 0.15) is 22.3 Å². The molecule has 2 aliphatic carbocycles. The van der Waals surface area contributed by atoms with Gasteiger partial charge in [0.1, 0.15) is 5.65 Å². The first-order chi connectivity index (χ1) is 17.3. The summed E-state index contributed by atoms with van der Waals surface area (Å²) in [7, 11) is 0. The molecular formula is C31H18N4. The fraction of sp³-hybridized carbons (Fsp3) is 0.0645. The van der Waals surface area contributed by atoms with Crippen LogP contribution in [0.3, 0.4) is 0 Å². The van der Waals surface area contributed by atoms with Crippen molar-refractivity contribution in [1.82, 2.24) is 19.4 Å². The van der Waals surface area contributed by atoms with Crippen LogP contribution in [0.2, 0.25) is 0 Å². The Morgan fingerprint density at radius 2 is 1.51 bits per heavy atom. The summed E-state index contributed by atoms with van der Waals surface area (Å²) in [5.74, 6) is 0. The summed E-state index contributed by atoms with van der Waals surface area (Å²) in [5, 5.41) is 2.13. The van der Waals surface area contributed by atoms with Gasteiger partial charge in [0.2, 0.25) is 0 Å². The second-order valence-corrected chi connectivity index (χ2v) is 9.70. The minimum absolute atomic E-state index is 0.919. The molecule has 4 aromatic heterocycles. The minimum atomic E-state index is 0.919. The number of rotatable bonds is 0. The number of imidazole rings is 1. The molecule has 0 unspecified atom stereocenters. The molecule has 0 bridgehead atoms. The predicted octanol–water partition coefficient (Wildman–Crippen LogP) is 6.73. The molecule has 4 nitrogen and oxygen atoms in total. The van der Waals surface area contributed by atoms with Crippen molar-refractivity contribution in [3.63, 3.8) is 0 Å². The average molecular weight is 447 g/mol. The van der Waals surface area contributed by atoms with Gasteiger partial charge < -0.3 is 0 Å². The molecule has 0 saturated heterocycles. The van der Waals surface area contributed by atoms with Crippen molar-refractivity contribution in [2.45, 2.75) is 12.8 Å². The first-order valence-electron chi connectivity index (χ1n) is 12.0. The Bertz CT molecular complexity index is 2070. The highest BCUT2D eigenvalue weighted by Crippen LogP contribution is 2.46. The standard InChI is InChI=1S/C31H18N4/c1-2-5-20-17(4-1)12-18-13-19-14-25-21(24(19)15-23(18)20)7-8-28-30(25)34-31-26-16-32-11-9-22(26)29-27(35(28)31)6-3-10-33-29/h1-11,13,15-16H,12,14H2. The van der Waals surface area contributed by atoms with E-state index in [-0.39, 0.29) is 0 Å². The fourth-order valence-corrected chi connectivity index (χ4v) is 6.44. The zero-order valence-electron chi connectivity index (χ0n) is 18.8. The molecule has 4 heterocycles. The lowest BCUT2D eigenvalue weighted by Crippen LogP contribution is -1.93. The van der Waals surface area contributed by atoms with Crippen LogP contribution in [-0.4, -0.2) is 19.4 Å². The van der Waals surface area contributed by atoms with Crippen molar-refractivity contribution >= 4 is 38.5 Å². The zero-order valence-corrected chi connectivity index (χ0v) is 18.8. The van der Waals surface area contributed by atoms with E-state index in [0.717, 1.165) is 51.3 Å².